The van der Waals surface area contributed by atoms with Crippen LogP contribution >= 0.6 is 11.3 Å². The molecule has 4 heteroatoms. The van der Waals surface area contributed by atoms with E-state index in [0.717, 1.165) is 13.1 Å². The molecule has 0 atom stereocenters. The normalized spacial score (nSPS) is 21.9. The second-order valence-electron chi connectivity index (χ2n) is 6.83. The number of piperidine rings is 1. The van der Waals surface area contributed by atoms with Crippen LogP contribution in [0.5, 0.6) is 0 Å². The minimum Gasteiger partial charge on any atom is -0.348 e. The number of thiazole rings is 1. The lowest BCUT2D eigenvalue weighted by molar-refractivity contribution is 0.144. The molecule has 0 bridgehead atoms. The molecule has 1 aliphatic heterocycles. The lowest BCUT2D eigenvalue weighted by atomic mass is 9.68. The molecule has 118 valence electrons. The molecule has 1 saturated carbocycles. The van der Waals surface area contributed by atoms with E-state index in [1.54, 1.807) is 0 Å². The van der Waals surface area contributed by atoms with Gasteiger partial charge in [0.2, 0.25) is 0 Å². The third kappa shape index (κ3) is 3.42. The number of anilines is 1. The molecule has 2 heterocycles. The third-order valence-electron chi connectivity index (χ3n) is 5.43. The van der Waals surface area contributed by atoms with Gasteiger partial charge < -0.3 is 10.2 Å². The zero-order valence-corrected chi connectivity index (χ0v) is 14.4. The van der Waals surface area contributed by atoms with E-state index in [-0.39, 0.29) is 0 Å². The summed E-state index contributed by atoms with van der Waals surface area (Å²) in [4.78, 5) is 8.77. The largest absolute Gasteiger partial charge is 0.348 e. The van der Waals surface area contributed by atoms with Crippen molar-refractivity contribution in [1.29, 1.82) is 0 Å². The first kappa shape index (κ1) is 15.3. The first-order valence-corrected chi connectivity index (χ1v) is 9.46. The minimum absolute atomic E-state index is 0.688. The van der Waals surface area contributed by atoms with E-state index >= 15 is 0 Å². The van der Waals surface area contributed by atoms with Crippen LogP contribution in [-0.4, -0.2) is 24.6 Å². The average Bonchev–Trinajstić information content (AvgIpc) is 2.88. The van der Waals surface area contributed by atoms with E-state index in [9.17, 15) is 0 Å². The van der Waals surface area contributed by atoms with Gasteiger partial charge >= 0.3 is 0 Å². The van der Waals surface area contributed by atoms with Crippen LogP contribution in [0.1, 0.15) is 62.4 Å². The van der Waals surface area contributed by atoms with Crippen LogP contribution in [0.3, 0.4) is 0 Å². The molecule has 0 amide bonds. The van der Waals surface area contributed by atoms with Crippen LogP contribution in [0.4, 0.5) is 5.13 Å². The van der Waals surface area contributed by atoms with Crippen LogP contribution in [-0.2, 0) is 6.54 Å². The van der Waals surface area contributed by atoms with Crippen LogP contribution in [0, 0.1) is 12.3 Å². The zero-order valence-electron chi connectivity index (χ0n) is 13.6. The highest BCUT2D eigenvalue weighted by Crippen LogP contribution is 2.45. The Labute approximate surface area is 133 Å². The van der Waals surface area contributed by atoms with E-state index in [0.29, 0.717) is 5.41 Å². The van der Waals surface area contributed by atoms with Crippen molar-refractivity contribution in [2.75, 3.05) is 24.5 Å². The highest BCUT2D eigenvalue weighted by atomic mass is 32.1. The van der Waals surface area contributed by atoms with Crippen molar-refractivity contribution in [1.82, 2.24) is 10.3 Å². The van der Waals surface area contributed by atoms with Crippen LogP contribution < -0.4 is 10.2 Å². The smallest absolute Gasteiger partial charge is 0.185 e. The van der Waals surface area contributed by atoms with Crippen LogP contribution in [0.15, 0.2) is 0 Å². The molecule has 1 saturated heterocycles. The van der Waals surface area contributed by atoms with Crippen molar-refractivity contribution in [3.8, 4) is 0 Å². The Morgan fingerprint density at radius 2 is 1.86 bits per heavy atom. The first-order chi connectivity index (χ1) is 10.2. The van der Waals surface area contributed by atoms with Crippen molar-refractivity contribution in [2.45, 2.75) is 65.3 Å². The summed E-state index contributed by atoms with van der Waals surface area (Å²) in [5, 5.41) is 4.68. The van der Waals surface area contributed by atoms with Gasteiger partial charge in [-0.15, -0.1) is 11.3 Å². The highest BCUT2D eigenvalue weighted by Gasteiger charge is 2.36. The van der Waals surface area contributed by atoms with Gasteiger partial charge in [-0.2, -0.15) is 0 Å². The molecule has 1 spiro atoms. The van der Waals surface area contributed by atoms with Crippen LogP contribution in [0.25, 0.3) is 0 Å². The maximum absolute atomic E-state index is 4.83. The second kappa shape index (κ2) is 6.66. The summed E-state index contributed by atoms with van der Waals surface area (Å²) in [5.41, 5.74) is 1.90. The molecule has 0 unspecified atom stereocenters. The summed E-state index contributed by atoms with van der Waals surface area (Å²) in [6, 6.07) is 0. The van der Waals surface area contributed by atoms with E-state index in [2.05, 4.69) is 24.1 Å². The van der Waals surface area contributed by atoms with E-state index in [1.807, 2.05) is 11.3 Å². The van der Waals surface area contributed by atoms with Gasteiger partial charge in [0.1, 0.15) is 0 Å². The highest BCUT2D eigenvalue weighted by molar-refractivity contribution is 7.15. The predicted octanol–water partition coefficient (Wildman–Crippen LogP) is 4.11. The van der Waals surface area contributed by atoms with Gasteiger partial charge in [0.15, 0.2) is 5.13 Å². The standard InChI is InChI=1S/C17H29N3S/c1-3-18-13-15-14(2)19-16(21-15)20-11-9-17(10-12-20)7-5-4-6-8-17/h18H,3-13H2,1-2H3. The fourth-order valence-electron chi connectivity index (χ4n) is 3.92. The molecule has 2 aliphatic rings. The Bertz CT molecular complexity index is 453. The number of nitrogens with zero attached hydrogens (tertiary/aromatic N) is 2. The van der Waals surface area contributed by atoms with Gasteiger partial charge in [-0.3, -0.25) is 0 Å². The first-order valence-electron chi connectivity index (χ1n) is 8.64. The van der Waals surface area contributed by atoms with E-state index in [4.69, 9.17) is 4.98 Å². The van der Waals surface area contributed by atoms with Gasteiger partial charge in [-0.1, -0.05) is 26.2 Å². The molecule has 1 N–H and O–H groups in total. The molecule has 3 rings (SSSR count). The summed E-state index contributed by atoms with van der Waals surface area (Å²) in [5.74, 6) is 0. The van der Waals surface area contributed by atoms with Gasteiger partial charge in [-0.25, -0.2) is 4.98 Å². The molecule has 0 aromatic carbocycles. The summed E-state index contributed by atoms with van der Waals surface area (Å²) < 4.78 is 0. The summed E-state index contributed by atoms with van der Waals surface area (Å²) in [7, 11) is 0. The van der Waals surface area contributed by atoms with Gasteiger partial charge in [-0.05, 0) is 44.6 Å². The maximum atomic E-state index is 4.83. The van der Waals surface area contributed by atoms with Crippen molar-refractivity contribution in [3.05, 3.63) is 10.6 Å². The molecule has 1 aromatic rings. The van der Waals surface area contributed by atoms with Crippen LogP contribution in [0.2, 0.25) is 0 Å². The topological polar surface area (TPSA) is 28.2 Å². The molecule has 0 radical (unpaired) electrons. The predicted molar refractivity (Wildman–Crippen MR) is 91.2 cm³/mol. The Morgan fingerprint density at radius 1 is 1.14 bits per heavy atom. The summed E-state index contributed by atoms with van der Waals surface area (Å²) >= 11 is 1.89. The second-order valence-corrected chi connectivity index (χ2v) is 7.90. The fourth-order valence-corrected chi connectivity index (χ4v) is 5.01. The molecular weight excluding hydrogens is 278 g/mol. The van der Waals surface area contributed by atoms with E-state index < -0.39 is 0 Å². The molecule has 2 fully saturated rings. The quantitative estimate of drug-likeness (QED) is 0.907. The molecule has 1 aromatic heterocycles. The summed E-state index contributed by atoms with van der Waals surface area (Å²) in [6.45, 7) is 8.74. The number of hydrogen-bond donors (Lipinski definition) is 1. The number of hydrogen-bond acceptors (Lipinski definition) is 4. The monoisotopic (exact) mass is 307 g/mol. The average molecular weight is 308 g/mol. The van der Waals surface area contributed by atoms with Gasteiger partial charge in [0.05, 0.1) is 5.69 Å². The third-order valence-corrected chi connectivity index (χ3v) is 6.64. The fraction of sp³-hybridized carbons (Fsp3) is 0.824. The maximum Gasteiger partial charge on any atom is 0.185 e. The van der Waals surface area contributed by atoms with Gasteiger partial charge in [0, 0.05) is 24.5 Å². The lowest BCUT2D eigenvalue weighted by Crippen LogP contribution is -2.41. The minimum atomic E-state index is 0.688. The Hall–Kier alpha value is -0.610. The molecule has 21 heavy (non-hydrogen) atoms. The number of aromatic nitrogens is 1. The number of nitrogens with one attached hydrogen (secondary N) is 1. The SMILES string of the molecule is CCNCc1sc(N2CCC3(CCCCC3)CC2)nc1C. The van der Waals surface area contributed by atoms with Crippen molar-refractivity contribution in [2.24, 2.45) is 5.41 Å². The van der Waals surface area contributed by atoms with Crippen molar-refractivity contribution in [3.63, 3.8) is 0 Å². The van der Waals surface area contributed by atoms with E-state index in [1.165, 1.54) is 73.7 Å². The lowest BCUT2D eigenvalue weighted by Gasteiger charge is -2.44. The molecule has 1 aliphatic carbocycles. The van der Waals surface area contributed by atoms with Crippen molar-refractivity contribution < 1.29 is 0 Å². The number of aryl methyl sites for hydroxylation is 1. The molecular formula is C17H29N3S. The molecule has 3 nitrogen and oxygen atoms in total. The van der Waals surface area contributed by atoms with Gasteiger partial charge in [0.25, 0.3) is 0 Å². The summed E-state index contributed by atoms with van der Waals surface area (Å²) in [6.07, 6.45) is 10.1. The Balaban J connectivity index is 1.61. The zero-order chi connectivity index (χ0) is 14.7. The Kier molecular flexibility index (Phi) is 4.85. The Morgan fingerprint density at radius 3 is 2.52 bits per heavy atom. The van der Waals surface area contributed by atoms with Crippen molar-refractivity contribution >= 4 is 16.5 Å². The number of rotatable bonds is 4.